The average molecular weight is 274 g/mol. The first-order valence-corrected chi connectivity index (χ1v) is 6.69. The third kappa shape index (κ3) is 2.52. The molecule has 5 heteroatoms. The number of aromatic carboxylic acids is 1. The number of carboxylic acids is 1. The van der Waals surface area contributed by atoms with Crippen LogP contribution in [0.5, 0.6) is 5.75 Å². The Morgan fingerprint density at radius 2 is 2.15 bits per heavy atom. The Kier molecular flexibility index (Phi) is 4.08. The summed E-state index contributed by atoms with van der Waals surface area (Å²) in [4.78, 5) is 15.1. The topological polar surface area (TPSA) is 64.3 Å². The number of rotatable bonds is 1. The van der Waals surface area contributed by atoms with E-state index < -0.39 is 5.97 Å². The van der Waals surface area contributed by atoms with Crippen LogP contribution in [0.3, 0.4) is 0 Å². The van der Waals surface area contributed by atoms with Gasteiger partial charge in [-0.1, -0.05) is 19.9 Å². The molecule has 2 aromatic rings. The first-order valence-electron chi connectivity index (χ1n) is 6.69. The van der Waals surface area contributed by atoms with E-state index in [0.29, 0.717) is 19.0 Å². The van der Waals surface area contributed by atoms with E-state index in [1.54, 1.807) is 6.20 Å². The van der Waals surface area contributed by atoms with Crippen molar-refractivity contribution in [2.24, 2.45) is 0 Å². The second kappa shape index (κ2) is 5.77. The minimum Gasteiger partial charge on any atom is -0.491 e. The number of aryl methyl sites for hydroxylation is 1. The van der Waals surface area contributed by atoms with Crippen molar-refractivity contribution in [3.05, 3.63) is 35.7 Å². The summed E-state index contributed by atoms with van der Waals surface area (Å²) in [6, 6.07) is 5.83. The maximum Gasteiger partial charge on any atom is 0.356 e. The Balaban J connectivity index is 0.000000704. The fourth-order valence-electron chi connectivity index (χ4n) is 2.09. The van der Waals surface area contributed by atoms with Crippen molar-refractivity contribution in [1.29, 1.82) is 0 Å². The first-order chi connectivity index (χ1) is 9.65. The molecule has 0 saturated heterocycles. The highest BCUT2D eigenvalue weighted by atomic mass is 16.5. The van der Waals surface area contributed by atoms with Gasteiger partial charge in [-0.05, 0) is 24.6 Å². The average Bonchev–Trinajstić information content (AvgIpc) is 2.79. The molecular formula is C15H18N2O3. The lowest BCUT2D eigenvalue weighted by Crippen LogP contribution is -2.04. The molecule has 1 aliphatic rings. The summed E-state index contributed by atoms with van der Waals surface area (Å²) >= 11 is 0. The SMILES string of the molecule is CC.Cc1ccc2c(c1)OCCn1cc(C(=O)O)nc1-2. The molecule has 0 bridgehead atoms. The van der Waals surface area contributed by atoms with Crippen molar-refractivity contribution in [2.75, 3.05) is 6.61 Å². The molecule has 0 atom stereocenters. The van der Waals surface area contributed by atoms with E-state index in [1.807, 2.05) is 43.5 Å². The molecule has 0 saturated carbocycles. The highest BCUT2D eigenvalue weighted by molar-refractivity contribution is 5.86. The Labute approximate surface area is 117 Å². The van der Waals surface area contributed by atoms with Crippen molar-refractivity contribution in [1.82, 2.24) is 9.55 Å². The van der Waals surface area contributed by atoms with Gasteiger partial charge in [-0.25, -0.2) is 9.78 Å². The standard InChI is InChI=1S/C13H12N2O3.C2H6/c1-8-2-3-9-11(6-8)18-5-4-15-7-10(13(16)17)14-12(9)15;1-2/h2-3,6-7H,4-5H2,1H3,(H,16,17);1-2H3. The van der Waals surface area contributed by atoms with Gasteiger partial charge in [0.2, 0.25) is 0 Å². The monoisotopic (exact) mass is 274 g/mol. The van der Waals surface area contributed by atoms with E-state index in [0.717, 1.165) is 16.9 Å². The van der Waals surface area contributed by atoms with Crippen LogP contribution in [-0.2, 0) is 6.54 Å². The molecule has 5 nitrogen and oxygen atoms in total. The predicted octanol–water partition coefficient (Wildman–Crippen LogP) is 2.98. The van der Waals surface area contributed by atoms with Crippen LogP contribution < -0.4 is 4.74 Å². The van der Waals surface area contributed by atoms with E-state index in [1.165, 1.54) is 0 Å². The number of aromatic nitrogens is 2. The smallest absolute Gasteiger partial charge is 0.356 e. The molecule has 0 fully saturated rings. The van der Waals surface area contributed by atoms with Gasteiger partial charge in [-0.3, -0.25) is 0 Å². The van der Waals surface area contributed by atoms with Crippen molar-refractivity contribution in [3.63, 3.8) is 0 Å². The molecule has 1 aromatic heterocycles. The van der Waals surface area contributed by atoms with Crippen molar-refractivity contribution in [2.45, 2.75) is 27.3 Å². The van der Waals surface area contributed by atoms with Gasteiger partial charge in [0, 0.05) is 6.20 Å². The van der Waals surface area contributed by atoms with E-state index in [2.05, 4.69) is 4.98 Å². The maximum absolute atomic E-state index is 11.0. The molecule has 0 spiro atoms. The molecule has 1 aliphatic heterocycles. The molecule has 3 rings (SSSR count). The normalized spacial score (nSPS) is 12.2. The number of nitrogens with zero attached hydrogens (tertiary/aromatic N) is 2. The van der Waals surface area contributed by atoms with Crippen molar-refractivity contribution >= 4 is 5.97 Å². The summed E-state index contributed by atoms with van der Waals surface area (Å²) in [7, 11) is 0. The highest BCUT2D eigenvalue weighted by Gasteiger charge is 2.20. The number of hydrogen-bond acceptors (Lipinski definition) is 3. The lowest BCUT2D eigenvalue weighted by Gasteiger charge is -2.06. The van der Waals surface area contributed by atoms with E-state index in [9.17, 15) is 4.79 Å². The zero-order valence-corrected chi connectivity index (χ0v) is 11.9. The van der Waals surface area contributed by atoms with Gasteiger partial charge in [0.15, 0.2) is 5.69 Å². The molecule has 20 heavy (non-hydrogen) atoms. The lowest BCUT2D eigenvalue weighted by molar-refractivity contribution is 0.0691. The van der Waals surface area contributed by atoms with Gasteiger partial charge in [0.25, 0.3) is 0 Å². The Morgan fingerprint density at radius 1 is 1.40 bits per heavy atom. The number of ether oxygens (including phenoxy) is 1. The van der Waals surface area contributed by atoms with E-state index >= 15 is 0 Å². The van der Waals surface area contributed by atoms with Crippen LogP contribution in [0.4, 0.5) is 0 Å². The summed E-state index contributed by atoms with van der Waals surface area (Å²) in [6.07, 6.45) is 1.55. The summed E-state index contributed by atoms with van der Waals surface area (Å²) in [5, 5.41) is 8.99. The van der Waals surface area contributed by atoms with Crippen LogP contribution in [0, 0.1) is 6.92 Å². The van der Waals surface area contributed by atoms with Crippen LogP contribution in [0.25, 0.3) is 11.4 Å². The molecular weight excluding hydrogens is 256 g/mol. The number of imidazole rings is 1. The summed E-state index contributed by atoms with van der Waals surface area (Å²) in [6.45, 7) is 7.10. The molecule has 106 valence electrons. The fourth-order valence-corrected chi connectivity index (χ4v) is 2.09. The number of carboxylic acid groups (broad SMARTS) is 1. The van der Waals surface area contributed by atoms with Crippen LogP contribution in [-0.4, -0.2) is 27.2 Å². The second-order valence-corrected chi connectivity index (χ2v) is 4.30. The third-order valence-electron chi connectivity index (χ3n) is 2.96. The maximum atomic E-state index is 11.0. The first kappa shape index (κ1) is 14.1. The quantitative estimate of drug-likeness (QED) is 0.868. The number of benzene rings is 1. The van der Waals surface area contributed by atoms with Crippen molar-refractivity contribution < 1.29 is 14.6 Å². The molecule has 0 aliphatic carbocycles. The Morgan fingerprint density at radius 3 is 2.85 bits per heavy atom. The molecule has 0 amide bonds. The summed E-state index contributed by atoms with van der Waals surface area (Å²) < 4.78 is 7.49. The lowest BCUT2D eigenvalue weighted by atomic mass is 10.1. The van der Waals surface area contributed by atoms with Crippen molar-refractivity contribution in [3.8, 4) is 17.1 Å². The third-order valence-corrected chi connectivity index (χ3v) is 2.96. The second-order valence-electron chi connectivity index (χ2n) is 4.30. The number of hydrogen-bond donors (Lipinski definition) is 1. The molecule has 1 aromatic carbocycles. The van der Waals surface area contributed by atoms with Crippen LogP contribution >= 0.6 is 0 Å². The summed E-state index contributed by atoms with van der Waals surface area (Å²) in [5.74, 6) is 0.404. The van der Waals surface area contributed by atoms with Gasteiger partial charge in [-0.2, -0.15) is 0 Å². The van der Waals surface area contributed by atoms with Crippen LogP contribution in [0.15, 0.2) is 24.4 Å². The fraction of sp³-hybridized carbons (Fsp3) is 0.333. The Hall–Kier alpha value is -2.30. The summed E-state index contributed by atoms with van der Waals surface area (Å²) in [5.41, 5.74) is 2.01. The Bertz CT molecular complexity index is 632. The molecule has 0 unspecified atom stereocenters. The van der Waals surface area contributed by atoms with Gasteiger partial charge >= 0.3 is 5.97 Å². The molecule has 0 radical (unpaired) electrons. The minimum absolute atomic E-state index is 0.0680. The van der Waals surface area contributed by atoms with Crippen LogP contribution in [0.1, 0.15) is 29.9 Å². The largest absolute Gasteiger partial charge is 0.491 e. The zero-order chi connectivity index (χ0) is 14.7. The number of carbonyl (C=O) groups is 1. The highest BCUT2D eigenvalue weighted by Crippen LogP contribution is 2.32. The van der Waals surface area contributed by atoms with Crippen LogP contribution in [0.2, 0.25) is 0 Å². The van der Waals surface area contributed by atoms with Gasteiger partial charge in [-0.15, -0.1) is 0 Å². The minimum atomic E-state index is -1.01. The van der Waals surface area contributed by atoms with Gasteiger partial charge in [0.05, 0.1) is 12.1 Å². The number of fused-ring (bicyclic) bond motifs is 3. The van der Waals surface area contributed by atoms with Gasteiger partial charge < -0.3 is 14.4 Å². The predicted molar refractivity (Wildman–Crippen MR) is 76.2 cm³/mol. The molecule has 1 N–H and O–H groups in total. The van der Waals surface area contributed by atoms with E-state index in [-0.39, 0.29) is 5.69 Å². The zero-order valence-electron chi connectivity index (χ0n) is 11.9. The van der Waals surface area contributed by atoms with E-state index in [4.69, 9.17) is 9.84 Å². The van der Waals surface area contributed by atoms with Gasteiger partial charge in [0.1, 0.15) is 18.2 Å². The molecule has 2 heterocycles.